The molecule has 0 bridgehead atoms. The summed E-state index contributed by atoms with van der Waals surface area (Å²) >= 11 is 6.39. The molecule has 2 rings (SSSR count). The first-order valence-corrected chi connectivity index (χ1v) is 7.03. The Morgan fingerprint density at radius 3 is 2.06 bits per heavy atom. The first kappa shape index (κ1) is 13.2. The van der Waals surface area contributed by atoms with Gasteiger partial charge in [-0.2, -0.15) is 0 Å². The SMILES string of the molecule is ClC(CCCCc1ccccc1)c1ccccc1. The number of rotatable bonds is 6. The van der Waals surface area contributed by atoms with E-state index in [1.54, 1.807) is 0 Å². The predicted octanol–water partition coefficient (Wildman–Crippen LogP) is 5.38. The van der Waals surface area contributed by atoms with Gasteiger partial charge in [0.15, 0.2) is 0 Å². The number of hydrogen-bond acceptors (Lipinski definition) is 0. The van der Waals surface area contributed by atoms with E-state index in [1.807, 2.05) is 6.07 Å². The molecule has 1 atom stereocenters. The molecule has 0 aromatic heterocycles. The van der Waals surface area contributed by atoms with Crippen molar-refractivity contribution in [3.05, 3.63) is 71.8 Å². The molecule has 0 radical (unpaired) electrons. The second-order valence-corrected chi connectivity index (χ2v) is 5.14. The smallest absolute Gasteiger partial charge is 0.0585 e. The number of aryl methyl sites for hydroxylation is 1. The Morgan fingerprint density at radius 1 is 0.778 bits per heavy atom. The van der Waals surface area contributed by atoms with Gasteiger partial charge in [-0.05, 0) is 30.4 Å². The first-order valence-electron chi connectivity index (χ1n) is 6.59. The Balaban J connectivity index is 1.70. The van der Waals surface area contributed by atoms with Crippen LogP contribution < -0.4 is 0 Å². The van der Waals surface area contributed by atoms with Crippen molar-refractivity contribution in [3.8, 4) is 0 Å². The van der Waals surface area contributed by atoms with Crippen LogP contribution in [0.4, 0.5) is 0 Å². The Hall–Kier alpha value is -1.27. The number of benzene rings is 2. The zero-order valence-corrected chi connectivity index (χ0v) is 11.3. The van der Waals surface area contributed by atoms with Gasteiger partial charge in [-0.25, -0.2) is 0 Å². The van der Waals surface area contributed by atoms with E-state index < -0.39 is 0 Å². The van der Waals surface area contributed by atoms with Crippen LogP contribution in [0.1, 0.15) is 35.8 Å². The van der Waals surface area contributed by atoms with Crippen molar-refractivity contribution < 1.29 is 0 Å². The molecule has 0 nitrogen and oxygen atoms in total. The Kier molecular flexibility index (Phi) is 5.29. The van der Waals surface area contributed by atoms with E-state index in [0.717, 1.165) is 12.8 Å². The van der Waals surface area contributed by atoms with Crippen LogP contribution in [0, 0.1) is 0 Å². The van der Waals surface area contributed by atoms with E-state index in [9.17, 15) is 0 Å². The van der Waals surface area contributed by atoms with Crippen molar-refractivity contribution in [2.45, 2.75) is 31.1 Å². The minimum Gasteiger partial charge on any atom is -0.118 e. The summed E-state index contributed by atoms with van der Waals surface area (Å²) < 4.78 is 0. The van der Waals surface area contributed by atoms with Gasteiger partial charge >= 0.3 is 0 Å². The van der Waals surface area contributed by atoms with Gasteiger partial charge in [-0.15, -0.1) is 11.6 Å². The third-order valence-corrected chi connectivity index (χ3v) is 3.65. The molecule has 0 saturated carbocycles. The third kappa shape index (κ3) is 4.19. The van der Waals surface area contributed by atoms with Gasteiger partial charge in [0, 0.05) is 0 Å². The Morgan fingerprint density at radius 2 is 1.39 bits per heavy atom. The Labute approximate surface area is 115 Å². The number of hydrogen-bond donors (Lipinski definition) is 0. The molecule has 0 aliphatic carbocycles. The zero-order chi connectivity index (χ0) is 12.6. The average Bonchev–Trinajstić information content (AvgIpc) is 2.45. The van der Waals surface area contributed by atoms with Gasteiger partial charge in [0.25, 0.3) is 0 Å². The number of halogens is 1. The van der Waals surface area contributed by atoms with Crippen molar-refractivity contribution in [2.24, 2.45) is 0 Å². The summed E-state index contributed by atoms with van der Waals surface area (Å²) in [5.41, 5.74) is 2.65. The number of alkyl halides is 1. The Bertz CT molecular complexity index is 436. The molecule has 1 heteroatoms. The highest BCUT2D eigenvalue weighted by Crippen LogP contribution is 2.26. The summed E-state index contributed by atoms with van der Waals surface area (Å²) in [5, 5.41) is 0.155. The minimum atomic E-state index is 0.155. The number of unbranched alkanes of at least 4 members (excludes halogenated alkanes) is 1. The van der Waals surface area contributed by atoms with Crippen LogP contribution in [0.5, 0.6) is 0 Å². The van der Waals surface area contributed by atoms with Gasteiger partial charge in [-0.3, -0.25) is 0 Å². The highest BCUT2D eigenvalue weighted by molar-refractivity contribution is 6.20. The normalized spacial score (nSPS) is 12.3. The highest BCUT2D eigenvalue weighted by atomic mass is 35.5. The lowest BCUT2D eigenvalue weighted by Gasteiger charge is -2.09. The first-order chi connectivity index (χ1) is 8.86. The predicted molar refractivity (Wildman–Crippen MR) is 79.0 cm³/mol. The third-order valence-electron chi connectivity index (χ3n) is 3.18. The van der Waals surface area contributed by atoms with Gasteiger partial charge < -0.3 is 0 Å². The largest absolute Gasteiger partial charge is 0.118 e. The lowest BCUT2D eigenvalue weighted by atomic mass is 10.0. The molecule has 0 N–H and O–H groups in total. The summed E-state index contributed by atoms with van der Waals surface area (Å²) in [6, 6.07) is 21.0. The van der Waals surface area contributed by atoms with Gasteiger partial charge in [-0.1, -0.05) is 67.1 Å². The molecule has 0 spiro atoms. The highest BCUT2D eigenvalue weighted by Gasteiger charge is 2.06. The molecule has 94 valence electrons. The van der Waals surface area contributed by atoms with Crippen molar-refractivity contribution in [3.63, 3.8) is 0 Å². The van der Waals surface area contributed by atoms with E-state index in [2.05, 4.69) is 54.6 Å². The van der Waals surface area contributed by atoms with Crippen LogP contribution in [-0.4, -0.2) is 0 Å². The van der Waals surface area contributed by atoms with Crippen molar-refractivity contribution in [1.82, 2.24) is 0 Å². The summed E-state index contributed by atoms with van der Waals surface area (Å²) in [7, 11) is 0. The molecule has 0 saturated heterocycles. The van der Waals surface area contributed by atoms with Gasteiger partial charge in [0.2, 0.25) is 0 Å². The fraction of sp³-hybridized carbons (Fsp3) is 0.294. The van der Waals surface area contributed by atoms with Crippen LogP contribution in [0.15, 0.2) is 60.7 Å². The quantitative estimate of drug-likeness (QED) is 0.482. The lowest BCUT2D eigenvalue weighted by molar-refractivity contribution is 0.666. The van der Waals surface area contributed by atoms with Gasteiger partial charge in [0.1, 0.15) is 0 Å². The van der Waals surface area contributed by atoms with Crippen LogP contribution in [-0.2, 0) is 6.42 Å². The van der Waals surface area contributed by atoms with Crippen LogP contribution in [0.25, 0.3) is 0 Å². The van der Waals surface area contributed by atoms with Crippen LogP contribution in [0.2, 0.25) is 0 Å². The molecule has 0 fully saturated rings. The summed E-state index contributed by atoms with van der Waals surface area (Å²) in [6.45, 7) is 0. The molecule has 0 heterocycles. The lowest BCUT2D eigenvalue weighted by Crippen LogP contribution is -1.92. The summed E-state index contributed by atoms with van der Waals surface area (Å²) in [4.78, 5) is 0. The molecular weight excluding hydrogens is 240 g/mol. The van der Waals surface area contributed by atoms with Crippen LogP contribution in [0.3, 0.4) is 0 Å². The fourth-order valence-corrected chi connectivity index (χ4v) is 2.43. The van der Waals surface area contributed by atoms with E-state index in [1.165, 1.54) is 24.0 Å². The van der Waals surface area contributed by atoms with Crippen molar-refractivity contribution in [2.75, 3.05) is 0 Å². The molecule has 2 aromatic rings. The van der Waals surface area contributed by atoms with Crippen LogP contribution >= 0.6 is 11.6 Å². The van der Waals surface area contributed by atoms with Crippen molar-refractivity contribution in [1.29, 1.82) is 0 Å². The maximum atomic E-state index is 6.39. The van der Waals surface area contributed by atoms with E-state index in [-0.39, 0.29) is 5.38 Å². The maximum Gasteiger partial charge on any atom is 0.0585 e. The molecule has 0 aliphatic rings. The van der Waals surface area contributed by atoms with E-state index >= 15 is 0 Å². The van der Waals surface area contributed by atoms with E-state index in [0.29, 0.717) is 0 Å². The molecule has 2 aromatic carbocycles. The summed E-state index contributed by atoms with van der Waals surface area (Å²) in [6.07, 6.45) is 4.59. The molecule has 18 heavy (non-hydrogen) atoms. The van der Waals surface area contributed by atoms with Gasteiger partial charge in [0.05, 0.1) is 5.38 Å². The molecular formula is C17H19Cl. The molecule has 0 amide bonds. The van der Waals surface area contributed by atoms with E-state index in [4.69, 9.17) is 11.6 Å². The minimum absolute atomic E-state index is 0.155. The maximum absolute atomic E-state index is 6.39. The zero-order valence-electron chi connectivity index (χ0n) is 10.6. The average molecular weight is 259 g/mol. The topological polar surface area (TPSA) is 0 Å². The monoisotopic (exact) mass is 258 g/mol. The fourth-order valence-electron chi connectivity index (χ4n) is 2.13. The van der Waals surface area contributed by atoms with Crippen molar-refractivity contribution >= 4 is 11.6 Å². The standard InChI is InChI=1S/C17H19Cl/c18-17(16-12-5-2-6-13-16)14-8-7-11-15-9-3-1-4-10-15/h1-6,9-10,12-13,17H,7-8,11,14H2. The second kappa shape index (κ2) is 7.23. The second-order valence-electron chi connectivity index (χ2n) is 4.61. The molecule has 1 unspecified atom stereocenters. The summed E-state index contributed by atoms with van der Waals surface area (Å²) in [5.74, 6) is 0. The molecule has 0 aliphatic heterocycles.